The molecule has 0 aromatic heterocycles. The molecule has 1 atom stereocenters. The van der Waals surface area contributed by atoms with Crippen LogP contribution in [0.5, 0.6) is 0 Å². The molecule has 1 unspecified atom stereocenters. The van der Waals surface area contributed by atoms with E-state index in [4.69, 9.17) is 0 Å². The number of carbonyl (C=O) groups is 1. The lowest BCUT2D eigenvalue weighted by Gasteiger charge is -2.30. The number of hydrogen-bond donors (Lipinski definition) is 0. The monoisotopic (exact) mass is 368 g/mol. The molecule has 2 aliphatic heterocycles. The Hall–Kier alpha value is -2.50. The fraction of sp³-hybridized carbons (Fsp3) is 0.529. The molecule has 0 spiro atoms. The molecule has 2 aliphatic rings. The number of halogens is 4. The molecule has 0 radical (unpaired) electrons. The van der Waals surface area contributed by atoms with Gasteiger partial charge in [-0.25, -0.2) is 4.39 Å². The standard InChI is InChI=1S/C17H16F4N4O/c1-15(2,9-22)11-8-10(5-6-12(11)18)14(26)25-7-3-4-13(25)16(23-24-16)17(19,20)21/h5-6,8,13H,3-4,7H2,1-2H3. The largest absolute Gasteiger partial charge is 0.439 e. The van der Waals surface area contributed by atoms with Crippen molar-refractivity contribution >= 4 is 5.91 Å². The predicted octanol–water partition coefficient (Wildman–Crippen LogP) is 3.96. The van der Waals surface area contributed by atoms with Crippen molar-refractivity contribution in [2.75, 3.05) is 6.54 Å². The zero-order valence-electron chi connectivity index (χ0n) is 14.1. The van der Waals surface area contributed by atoms with Crippen molar-refractivity contribution in [1.29, 1.82) is 5.26 Å². The predicted molar refractivity (Wildman–Crippen MR) is 82.7 cm³/mol. The summed E-state index contributed by atoms with van der Waals surface area (Å²) in [5, 5.41) is 15.6. The molecular formula is C17H16F4N4O. The van der Waals surface area contributed by atoms with Gasteiger partial charge in [-0.1, -0.05) is 0 Å². The molecule has 0 aliphatic carbocycles. The number of alkyl halides is 3. The van der Waals surface area contributed by atoms with Gasteiger partial charge in [-0.3, -0.25) is 4.79 Å². The number of carbonyl (C=O) groups excluding carboxylic acids is 1. The zero-order valence-corrected chi connectivity index (χ0v) is 14.1. The van der Waals surface area contributed by atoms with E-state index in [0.717, 1.165) is 11.0 Å². The third-order valence-corrected chi connectivity index (χ3v) is 4.88. The van der Waals surface area contributed by atoms with Gasteiger partial charge in [0.15, 0.2) is 0 Å². The Morgan fingerprint density at radius 1 is 1.35 bits per heavy atom. The summed E-state index contributed by atoms with van der Waals surface area (Å²) in [6.07, 6.45) is -4.13. The van der Waals surface area contributed by atoms with Gasteiger partial charge < -0.3 is 4.90 Å². The number of hydrogen-bond acceptors (Lipinski definition) is 4. The van der Waals surface area contributed by atoms with Crippen LogP contribution in [0.15, 0.2) is 28.4 Å². The van der Waals surface area contributed by atoms with Gasteiger partial charge in [0.25, 0.3) is 5.91 Å². The molecule has 3 rings (SSSR count). The molecular weight excluding hydrogens is 352 g/mol. The number of rotatable bonds is 3. The molecule has 1 saturated heterocycles. The fourth-order valence-electron chi connectivity index (χ4n) is 3.28. The number of likely N-dealkylation sites (tertiary alicyclic amines) is 1. The number of nitriles is 1. The first-order valence-electron chi connectivity index (χ1n) is 8.06. The number of benzene rings is 1. The van der Waals surface area contributed by atoms with Crippen molar-refractivity contribution in [1.82, 2.24) is 4.90 Å². The summed E-state index contributed by atoms with van der Waals surface area (Å²) in [5.74, 6) is -1.30. The van der Waals surface area contributed by atoms with Crippen molar-refractivity contribution in [2.45, 2.75) is 50.0 Å². The van der Waals surface area contributed by atoms with Gasteiger partial charge in [0.05, 0.1) is 17.5 Å². The Morgan fingerprint density at radius 2 is 2.00 bits per heavy atom. The molecule has 1 aromatic carbocycles. The molecule has 0 bridgehead atoms. The van der Waals surface area contributed by atoms with Crippen LogP contribution in [-0.4, -0.2) is 35.2 Å². The topological polar surface area (TPSA) is 68.8 Å². The lowest BCUT2D eigenvalue weighted by atomic mass is 9.85. The summed E-state index contributed by atoms with van der Waals surface area (Å²) < 4.78 is 54.0. The fourth-order valence-corrected chi connectivity index (χ4v) is 3.28. The van der Waals surface area contributed by atoms with Crippen LogP contribution in [0.3, 0.4) is 0 Å². The minimum absolute atomic E-state index is 0.0212. The molecule has 9 heteroatoms. The molecule has 138 valence electrons. The summed E-state index contributed by atoms with van der Waals surface area (Å²) in [6.45, 7) is 3.14. The third-order valence-electron chi connectivity index (χ3n) is 4.88. The van der Waals surface area contributed by atoms with Gasteiger partial charge in [-0.15, -0.1) is 10.2 Å². The highest BCUT2D eigenvalue weighted by Crippen LogP contribution is 2.51. The normalized spacial score (nSPS) is 21.6. The molecule has 2 heterocycles. The Bertz CT molecular complexity index is 819. The van der Waals surface area contributed by atoms with Crippen LogP contribution in [0.4, 0.5) is 17.6 Å². The highest BCUT2D eigenvalue weighted by Gasteiger charge is 2.70. The van der Waals surface area contributed by atoms with E-state index in [1.807, 2.05) is 6.07 Å². The maximum Gasteiger partial charge on any atom is 0.439 e. The lowest BCUT2D eigenvalue weighted by Crippen LogP contribution is -2.52. The SMILES string of the molecule is CC(C)(C#N)c1cc(C(=O)N2CCCC2C2(C(F)(F)F)N=N2)ccc1F. The van der Waals surface area contributed by atoms with Crippen LogP contribution >= 0.6 is 0 Å². The van der Waals surface area contributed by atoms with E-state index in [1.54, 1.807) is 0 Å². The quantitative estimate of drug-likeness (QED) is 0.758. The van der Waals surface area contributed by atoms with Crippen LogP contribution in [-0.2, 0) is 5.41 Å². The van der Waals surface area contributed by atoms with Crippen molar-refractivity contribution in [3.05, 3.63) is 35.1 Å². The molecule has 5 nitrogen and oxygen atoms in total. The molecule has 0 N–H and O–H groups in total. The van der Waals surface area contributed by atoms with Gasteiger partial charge in [-0.05, 0) is 44.9 Å². The van der Waals surface area contributed by atoms with E-state index < -0.39 is 35.0 Å². The van der Waals surface area contributed by atoms with Crippen molar-refractivity contribution < 1.29 is 22.4 Å². The Balaban J connectivity index is 1.93. The van der Waals surface area contributed by atoms with Crippen LogP contribution in [0.25, 0.3) is 0 Å². The van der Waals surface area contributed by atoms with Crippen LogP contribution in [0, 0.1) is 17.1 Å². The van der Waals surface area contributed by atoms with Crippen molar-refractivity contribution in [3.63, 3.8) is 0 Å². The van der Waals surface area contributed by atoms with Crippen LogP contribution in [0.1, 0.15) is 42.6 Å². The van der Waals surface area contributed by atoms with Gasteiger partial charge in [0.2, 0.25) is 0 Å². The second-order valence-electron chi connectivity index (χ2n) is 7.01. The Kier molecular flexibility index (Phi) is 4.05. The van der Waals surface area contributed by atoms with Gasteiger partial charge in [-0.2, -0.15) is 18.4 Å². The summed E-state index contributed by atoms with van der Waals surface area (Å²) >= 11 is 0. The summed E-state index contributed by atoms with van der Waals surface area (Å²) in [6, 6.07) is 4.25. The minimum Gasteiger partial charge on any atom is -0.331 e. The summed E-state index contributed by atoms with van der Waals surface area (Å²) in [4.78, 5) is 13.9. The highest BCUT2D eigenvalue weighted by atomic mass is 19.4. The Labute approximate surface area is 147 Å². The van der Waals surface area contributed by atoms with Gasteiger partial charge in [0.1, 0.15) is 5.82 Å². The first-order chi connectivity index (χ1) is 12.0. The molecule has 0 saturated carbocycles. The Morgan fingerprint density at radius 3 is 2.54 bits per heavy atom. The second kappa shape index (κ2) is 5.76. The average Bonchev–Trinajstić information content (AvgIpc) is 3.25. The smallest absolute Gasteiger partial charge is 0.331 e. The van der Waals surface area contributed by atoms with Gasteiger partial charge >= 0.3 is 11.8 Å². The number of nitrogens with zero attached hydrogens (tertiary/aromatic N) is 4. The summed E-state index contributed by atoms with van der Waals surface area (Å²) in [7, 11) is 0. The molecule has 1 fully saturated rings. The first-order valence-corrected chi connectivity index (χ1v) is 8.06. The minimum atomic E-state index is -4.67. The second-order valence-corrected chi connectivity index (χ2v) is 7.01. The van der Waals surface area contributed by atoms with Crippen LogP contribution in [0.2, 0.25) is 0 Å². The maximum atomic E-state index is 14.1. The molecule has 1 aromatic rings. The zero-order chi connectivity index (χ0) is 19.3. The van der Waals surface area contributed by atoms with E-state index in [0.29, 0.717) is 6.42 Å². The van der Waals surface area contributed by atoms with Crippen LogP contribution < -0.4 is 0 Å². The van der Waals surface area contributed by atoms with E-state index >= 15 is 0 Å². The third kappa shape index (κ3) is 2.73. The summed E-state index contributed by atoms with van der Waals surface area (Å²) in [5.41, 5.74) is -3.67. The average molecular weight is 368 g/mol. The van der Waals surface area contributed by atoms with E-state index in [-0.39, 0.29) is 24.1 Å². The number of amides is 1. The lowest BCUT2D eigenvalue weighted by molar-refractivity contribution is -0.175. The molecule has 26 heavy (non-hydrogen) atoms. The van der Waals surface area contributed by atoms with E-state index in [9.17, 15) is 27.6 Å². The van der Waals surface area contributed by atoms with Crippen molar-refractivity contribution in [2.24, 2.45) is 10.2 Å². The maximum absolute atomic E-state index is 14.1. The van der Waals surface area contributed by atoms with E-state index in [2.05, 4.69) is 10.2 Å². The first kappa shape index (κ1) is 18.3. The van der Waals surface area contributed by atoms with Crippen molar-refractivity contribution in [3.8, 4) is 6.07 Å². The van der Waals surface area contributed by atoms with Gasteiger partial charge in [0, 0.05) is 17.7 Å². The van der Waals surface area contributed by atoms with E-state index in [1.165, 1.54) is 26.0 Å². The highest BCUT2D eigenvalue weighted by molar-refractivity contribution is 5.95. The molecule has 1 amide bonds.